The minimum absolute atomic E-state index is 0.00874. The van der Waals surface area contributed by atoms with Gasteiger partial charge in [0.2, 0.25) is 0 Å². The van der Waals surface area contributed by atoms with Gasteiger partial charge in [-0.2, -0.15) is 13.2 Å². The molecule has 0 radical (unpaired) electrons. The zero-order chi connectivity index (χ0) is 28.9. The molecule has 0 aliphatic carbocycles. The Labute approximate surface area is 240 Å². The van der Waals surface area contributed by atoms with Crippen LogP contribution in [0.4, 0.5) is 18.0 Å². The number of benzene rings is 2. The third-order valence-electron chi connectivity index (χ3n) is 6.97. The van der Waals surface area contributed by atoms with E-state index in [2.05, 4.69) is 10.6 Å². The van der Waals surface area contributed by atoms with Gasteiger partial charge in [0.25, 0.3) is 0 Å². The summed E-state index contributed by atoms with van der Waals surface area (Å²) in [6, 6.07) is 12.5. The minimum atomic E-state index is -4.96. The normalized spacial score (nSPS) is 17.8. The van der Waals surface area contributed by atoms with Crippen molar-refractivity contribution in [2.24, 2.45) is 4.99 Å². The van der Waals surface area contributed by atoms with Crippen LogP contribution in [-0.4, -0.2) is 72.1 Å². The summed E-state index contributed by atoms with van der Waals surface area (Å²) >= 11 is 12.2. The number of nitrogens with zero attached hydrogens (tertiary/aromatic N) is 2. The number of aliphatic hydroxyl groups is 1. The summed E-state index contributed by atoms with van der Waals surface area (Å²) in [4.78, 5) is 18.6. The van der Waals surface area contributed by atoms with Gasteiger partial charge in [0.1, 0.15) is 5.84 Å². The molecule has 40 heavy (non-hydrogen) atoms. The van der Waals surface area contributed by atoms with Crippen LogP contribution in [-0.2, 0) is 6.42 Å². The topological polar surface area (TPSA) is 101 Å². The number of alkyl halides is 3. The lowest BCUT2D eigenvalue weighted by Gasteiger charge is -2.27. The Balaban J connectivity index is 1.45. The van der Waals surface area contributed by atoms with Crippen molar-refractivity contribution in [1.82, 2.24) is 15.5 Å². The van der Waals surface area contributed by atoms with Crippen molar-refractivity contribution in [1.29, 1.82) is 5.41 Å². The first-order valence-electron chi connectivity index (χ1n) is 12.9. The van der Waals surface area contributed by atoms with Gasteiger partial charge >= 0.3 is 12.2 Å². The number of amidine groups is 1. The molecule has 12 heteroatoms. The largest absolute Gasteiger partial charge is 0.416 e. The lowest BCUT2D eigenvalue weighted by Crippen LogP contribution is -2.51. The van der Waals surface area contributed by atoms with Gasteiger partial charge in [-0.1, -0.05) is 41.4 Å². The number of halogens is 5. The molecule has 2 atom stereocenters. The standard InChI is InChI=1S/C28H30Cl2F3N5O2/c29-19-10-8-18(9-11-19)26(34)38(16-25(39)28(31,32)33)27(40)36-15-24-20-12-13-35-14-21(20)23(37-24)7-3-5-17-4-1-2-6-22(17)30/h1-2,4,6,8-11,23,25,34-35,39H,3,5,7,12-16H2,(H,36,40)/t23?,25-/m0/s1. The van der Waals surface area contributed by atoms with Gasteiger partial charge in [-0.3, -0.25) is 15.3 Å². The molecule has 2 aliphatic heterocycles. The predicted molar refractivity (Wildman–Crippen MR) is 151 cm³/mol. The third kappa shape index (κ3) is 7.42. The number of aliphatic hydroxyl groups excluding tert-OH is 1. The van der Waals surface area contributed by atoms with Crippen LogP contribution < -0.4 is 10.6 Å². The molecule has 4 rings (SSSR count). The van der Waals surface area contributed by atoms with Crippen LogP contribution in [0.15, 0.2) is 64.7 Å². The highest BCUT2D eigenvalue weighted by molar-refractivity contribution is 6.31. The highest BCUT2D eigenvalue weighted by Gasteiger charge is 2.41. The zero-order valence-electron chi connectivity index (χ0n) is 21.6. The van der Waals surface area contributed by atoms with Crippen molar-refractivity contribution in [3.05, 3.63) is 80.8 Å². The van der Waals surface area contributed by atoms with Gasteiger partial charge in [-0.15, -0.1) is 0 Å². The van der Waals surface area contributed by atoms with Gasteiger partial charge in [0, 0.05) is 22.2 Å². The summed E-state index contributed by atoms with van der Waals surface area (Å²) < 4.78 is 39.4. The number of urea groups is 1. The summed E-state index contributed by atoms with van der Waals surface area (Å²) in [7, 11) is 0. The number of aliphatic imine (C=N–C) groups is 1. The molecular formula is C28H30Cl2F3N5O2. The molecule has 2 heterocycles. The van der Waals surface area contributed by atoms with Crippen molar-refractivity contribution in [3.8, 4) is 0 Å². The smallest absolute Gasteiger partial charge is 0.382 e. The second kappa shape index (κ2) is 13.2. The molecule has 2 aliphatic rings. The Morgan fingerprint density at radius 3 is 2.62 bits per heavy atom. The van der Waals surface area contributed by atoms with Crippen LogP contribution in [0.5, 0.6) is 0 Å². The van der Waals surface area contributed by atoms with Crippen molar-refractivity contribution < 1.29 is 23.1 Å². The van der Waals surface area contributed by atoms with E-state index in [1.54, 1.807) is 0 Å². The molecule has 2 aromatic rings. The summed E-state index contributed by atoms with van der Waals surface area (Å²) in [5, 5.41) is 25.2. The van der Waals surface area contributed by atoms with E-state index in [9.17, 15) is 23.1 Å². The maximum absolute atomic E-state index is 13.1. The van der Waals surface area contributed by atoms with Crippen LogP contribution in [0.25, 0.3) is 0 Å². The summed E-state index contributed by atoms with van der Waals surface area (Å²) in [6.07, 6.45) is -4.61. The van der Waals surface area contributed by atoms with Gasteiger partial charge in [-0.05, 0) is 79.3 Å². The molecule has 2 aromatic carbocycles. The van der Waals surface area contributed by atoms with E-state index in [0.29, 0.717) is 22.2 Å². The third-order valence-corrected chi connectivity index (χ3v) is 7.59. The molecule has 2 amide bonds. The van der Waals surface area contributed by atoms with Gasteiger partial charge < -0.3 is 15.7 Å². The van der Waals surface area contributed by atoms with Gasteiger partial charge in [0.05, 0.1) is 24.8 Å². The first kappa shape index (κ1) is 30.0. The van der Waals surface area contributed by atoms with Crippen LogP contribution in [0.1, 0.15) is 30.4 Å². The molecule has 0 fully saturated rings. The van der Waals surface area contributed by atoms with E-state index in [-0.39, 0.29) is 18.2 Å². The summed E-state index contributed by atoms with van der Waals surface area (Å²) in [6.45, 7) is 0.290. The van der Waals surface area contributed by atoms with Crippen molar-refractivity contribution >= 4 is 40.8 Å². The van der Waals surface area contributed by atoms with Crippen LogP contribution in [0.2, 0.25) is 10.0 Å². The van der Waals surface area contributed by atoms with Crippen molar-refractivity contribution in [2.75, 3.05) is 26.2 Å². The van der Waals surface area contributed by atoms with Gasteiger partial charge in [0.15, 0.2) is 6.10 Å². The minimum Gasteiger partial charge on any atom is -0.382 e. The van der Waals surface area contributed by atoms with E-state index < -0.39 is 30.7 Å². The average molecular weight is 596 g/mol. The molecular weight excluding hydrogens is 566 g/mol. The number of hydrogen-bond donors (Lipinski definition) is 4. The number of nitrogens with one attached hydrogen (secondary N) is 3. The molecule has 0 aromatic heterocycles. The molecule has 0 saturated heterocycles. The Morgan fingerprint density at radius 2 is 1.93 bits per heavy atom. The fraction of sp³-hybridized carbons (Fsp3) is 0.393. The molecule has 214 valence electrons. The van der Waals surface area contributed by atoms with Crippen LogP contribution >= 0.6 is 23.2 Å². The number of hydrogen-bond acceptors (Lipinski definition) is 5. The average Bonchev–Trinajstić information content (AvgIpc) is 3.28. The molecule has 1 unspecified atom stereocenters. The SMILES string of the molecule is N=C(c1ccc(Cl)cc1)N(C[C@H](O)C(F)(F)F)C(=O)NCC1=NC(CCCc2ccccc2Cl)C2=C1CCNC2. The van der Waals surface area contributed by atoms with Crippen molar-refractivity contribution in [2.45, 2.75) is 44.0 Å². The zero-order valence-corrected chi connectivity index (χ0v) is 23.1. The van der Waals surface area contributed by atoms with Crippen LogP contribution in [0, 0.1) is 5.41 Å². The lowest BCUT2D eigenvalue weighted by molar-refractivity contribution is -0.204. The molecule has 0 spiro atoms. The first-order valence-corrected chi connectivity index (χ1v) is 13.7. The van der Waals surface area contributed by atoms with E-state index in [1.165, 1.54) is 24.3 Å². The Kier molecular flexibility index (Phi) is 9.89. The summed E-state index contributed by atoms with van der Waals surface area (Å²) in [5.41, 5.74) is 4.14. The second-order valence-electron chi connectivity index (χ2n) is 9.69. The fourth-order valence-electron chi connectivity index (χ4n) is 4.84. The Bertz CT molecular complexity index is 1300. The predicted octanol–water partition coefficient (Wildman–Crippen LogP) is 5.39. The maximum Gasteiger partial charge on any atom is 0.416 e. The number of aryl methyl sites for hydroxylation is 1. The quantitative estimate of drug-likeness (QED) is 0.231. The molecule has 0 bridgehead atoms. The van der Waals surface area contributed by atoms with Crippen LogP contribution in [0.3, 0.4) is 0 Å². The number of carbonyl (C=O) groups is 1. The Morgan fingerprint density at radius 1 is 1.20 bits per heavy atom. The maximum atomic E-state index is 13.1. The monoisotopic (exact) mass is 595 g/mol. The van der Waals surface area contributed by atoms with E-state index >= 15 is 0 Å². The molecule has 0 saturated carbocycles. The Hall–Kier alpha value is -2.92. The number of amides is 2. The fourth-order valence-corrected chi connectivity index (χ4v) is 5.20. The number of rotatable bonds is 9. The highest BCUT2D eigenvalue weighted by Crippen LogP contribution is 2.30. The molecule has 4 N–H and O–H groups in total. The number of carbonyl (C=O) groups excluding carboxylic acids is 1. The van der Waals surface area contributed by atoms with Crippen molar-refractivity contribution in [3.63, 3.8) is 0 Å². The first-order chi connectivity index (χ1) is 19.0. The molecule has 7 nitrogen and oxygen atoms in total. The van der Waals surface area contributed by atoms with E-state index in [0.717, 1.165) is 54.0 Å². The van der Waals surface area contributed by atoms with E-state index in [4.69, 9.17) is 33.6 Å². The van der Waals surface area contributed by atoms with E-state index in [1.807, 2.05) is 24.3 Å². The highest BCUT2D eigenvalue weighted by atomic mass is 35.5. The lowest BCUT2D eigenvalue weighted by atomic mass is 9.93. The van der Waals surface area contributed by atoms with Gasteiger partial charge in [-0.25, -0.2) is 4.79 Å². The summed E-state index contributed by atoms with van der Waals surface area (Å²) in [5.74, 6) is -0.495. The second-order valence-corrected chi connectivity index (χ2v) is 10.5.